The van der Waals surface area contributed by atoms with E-state index in [1.807, 2.05) is 6.92 Å². The Bertz CT molecular complexity index is 1740. The first-order valence-corrected chi connectivity index (χ1v) is 17.7. The van der Waals surface area contributed by atoms with Crippen LogP contribution in [0.3, 0.4) is 0 Å². The highest BCUT2D eigenvalue weighted by Crippen LogP contribution is 2.36. The molecule has 1 aromatic heterocycles. The molecule has 13 heteroatoms. The Kier molecular flexibility index (Phi) is 12.0. The zero-order valence-corrected chi connectivity index (χ0v) is 29.1. The molecule has 0 radical (unpaired) electrons. The Morgan fingerprint density at radius 3 is 2.30 bits per heavy atom. The summed E-state index contributed by atoms with van der Waals surface area (Å²) in [6.45, 7) is 10.0. The van der Waals surface area contributed by atoms with Gasteiger partial charge in [-0.1, -0.05) is 25.5 Å². The molecule has 0 fully saturated rings. The number of hydrogen-bond donors (Lipinski definition) is 1. The second-order valence-electron chi connectivity index (χ2n) is 12.1. The minimum Gasteiger partial charge on any atom is -0.598 e. The molecule has 0 saturated heterocycles. The first kappa shape index (κ1) is 36.9. The topological polar surface area (TPSA) is 138 Å². The highest BCUT2D eigenvalue weighted by Gasteiger charge is 2.34. The van der Waals surface area contributed by atoms with Crippen LogP contribution in [0, 0.1) is 5.82 Å². The molecule has 1 amide bonds. The van der Waals surface area contributed by atoms with Crippen molar-refractivity contribution in [3.05, 3.63) is 93.2 Å². The van der Waals surface area contributed by atoms with Crippen LogP contribution in [-0.4, -0.2) is 52.1 Å². The molecule has 0 bridgehead atoms. The average Bonchev–Trinajstić information content (AvgIpc) is 2.99. The molecule has 3 aromatic rings. The van der Waals surface area contributed by atoms with Crippen molar-refractivity contribution in [2.24, 2.45) is 7.05 Å². The first-order chi connectivity index (χ1) is 21.4. The second-order valence-corrected chi connectivity index (χ2v) is 15.7. The number of carbonyl (C=O) groups is 2. The van der Waals surface area contributed by atoms with Gasteiger partial charge in [0.1, 0.15) is 22.4 Å². The van der Waals surface area contributed by atoms with Crippen LogP contribution >= 0.6 is 0 Å². The monoisotopic (exact) mass is 675 g/mol. The third kappa shape index (κ3) is 8.84. The number of ether oxygens (including phenoxy) is 1. The number of carbonyl (C=O) groups excluding carboxylic acids is 2. The van der Waals surface area contributed by atoms with Crippen LogP contribution in [0.4, 0.5) is 9.18 Å². The van der Waals surface area contributed by atoms with Gasteiger partial charge in [-0.2, -0.15) is 0 Å². The van der Waals surface area contributed by atoms with Crippen molar-refractivity contribution in [2.75, 3.05) is 12.8 Å². The van der Waals surface area contributed by atoms with Gasteiger partial charge in [0.15, 0.2) is 5.78 Å². The van der Waals surface area contributed by atoms with Crippen molar-refractivity contribution in [1.82, 2.24) is 13.6 Å². The smallest absolute Gasteiger partial charge is 0.423 e. The fourth-order valence-electron chi connectivity index (χ4n) is 4.65. The summed E-state index contributed by atoms with van der Waals surface area (Å²) in [4.78, 5) is 39.4. The van der Waals surface area contributed by atoms with Gasteiger partial charge in [-0.3, -0.25) is 9.59 Å². The van der Waals surface area contributed by atoms with Crippen LogP contribution in [0.25, 0.3) is 11.1 Å². The number of pyridine rings is 1. The average molecular weight is 676 g/mol. The van der Waals surface area contributed by atoms with Gasteiger partial charge in [0.05, 0.1) is 6.04 Å². The van der Waals surface area contributed by atoms with Crippen LogP contribution in [0.5, 0.6) is 0 Å². The number of nitrogens with one attached hydrogen (secondary N) is 1. The standard InChI is InChI=1S/C33H42FN3O7S2/c1-9-10-17-45(41)35-21(2)27-19-30(38)36(7)20-29(27)28-18-24(13-16-26(28)31(39)23-11-14-25(34)15-12-23)22(3)46(42,43)37(8)32(40)44-33(4,5)6/h11-16,18-22,35H,9-10,17H2,1-8H3/t21-,22?,45-/m0/s1. The minimum atomic E-state index is -4.29. The van der Waals surface area contributed by atoms with Crippen LogP contribution in [0.2, 0.25) is 0 Å². The number of aromatic nitrogens is 1. The van der Waals surface area contributed by atoms with E-state index < -0.39 is 56.0 Å². The van der Waals surface area contributed by atoms with E-state index in [0.29, 0.717) is 26.7 Å². The predicted octanol–water partition coefficient (Wildman–Crippen LogP) is 5.79. The van der Waals surface area contributed by atoms with Crippen molar-refractivity contribution in [3.63, 3.8) is 0 Å². The van der Waals surface area contributed by atoms with Crippen LogP contribution < -0.4 is 10.3 Å². The zero-order valence-electron chi connectivity index (χ0n) is 27.4. The first-order valence-electron chi connectivity index (χ1n) is 14.9. The van der Waals surface area contributed by atoms with Crippen molar-refractivity contribution in [3.8, 4) is 11.1 Å². The molecule has 46 heavy (non-hydrogen) atoms. The Balaban J connectivity index is 2.23. The van der Waals surface area contributed by atoms with Gasteiger partial charge in [0.25, 0.3) is 5.56 Å². The summed E-state index contributed by atoms with van der Waals surface area (Å²) < 4.78 is 63.8. The lowest BCUT2D eigenvalue weighted by Crippen LogP contribution is -2.39. The van der Waals surface area contributed by atoms with E-state index >= 15 is 0 Å². The molecule has 250 valence electrons. The van der Waals surface area contributed by atoms with Gasteiger partial charge in [-0.15, -0.1) is 4.72 Å². The van der Waals surface area contributed by atoms with Crippen LogP contribution in [0.15, 0.2) is 59.5 Å². The van der Waals surface area contributed by atoms with Crippen LogP contribution in [0.1, 0.15) is 92.7 Å². The number of rotatable bonds is 12. The molecule has 0 saturated carbocycles. The SMILES string of the molecule is CCCC[S@+]([O-])N[C@@H](C)c1cc(=O)n(C)cc1-c1cc(C(C)S(=O)(=O)N(C)C(=O)OC(C)(C)C)ccc1C(=O)c1ccc(F)cc1. The lowest BCUT2D eigenvalue weighted by Gasteiger charge is -2.27. The fraction of sp³-hybridized carbons (Fsp3) is 0.424. The number of nitrogens with zero attached hydrogens (tertiary/aromatic N) is 2. The Hall–Kier alpha value is -3.52. The summed E-state index contributed by atoms with van der Waals surface area (Å²) in [5.74, 6) is -0.572. The summed E-state index contributed by atoms with van der Waals surface area (Å²) in [5, 5.41) is -1.26. The molecule has 10 nitrogen and oxygen atoms in total. The van der Waals surface area contributed by atoms with Crippen molar-refractivity contribution in [2.45, 2.75) is 71.3 Å². The Morgan fingerprint density at radius 2 is 1.72 bits per heavy atom. The van der Waals surface area contributed by atoms with Gasteiger partial charge < -0.3 is 13.9 Å². The van der Waals surface area contributed by atoms with Crippen molar-refractivity contribution in [1.29, 1.82) is 0 Å². The van der Waals surface area contributed by atoms with Crippen molar-refractivity contribution >= 4 is 33.3 Å². The lowest BCUT2D eigenvalue weighted by molar-refractivity contribution is 0.0419. The summed E-state index contributed by atoms with van der Waals surface area (Å²) in [5.41, 5.74) is 0.513. The number of sulfonamides is 1. The third-order valence-electron chi connectivity index (χ3n) is 7.35. The largest absolute Gasteiger partial charge is 0.598 e. The molecular weight excluding hydrogens is 634 g/mol. The number of halogens is 1. The molecule has 1 N–H and O–H groups in total. The third-order valence-corrected chi connectivity index (χ3v) is 10.7. The molecule has 0 aliphatic heterocycles. The van der Waals surface area contributed by atoms with Crippen molar-refractivity contribution < 1.29 is 31.7 Å². The molecule has 2 aromatic carbocycles. The second kappa shape index (κ2) is 14.9. The Labute approximate surface area is 273 Å². The van der Waals surface area contributed by atoms with Gasteiger partial charge >= 0.3 is 6.09 Å². The molecule has 0 spiro atoms. The summed E-state index contributed by atoms with van der Waals surface area (Å²) >= 11 is -1.40. The van der Waals surface area contributed by atoms with E-state index in [2.05, 4.69) is 4.72 Å². The number of benzene rings is 2. The predicted molar refractivity (Wildman–Crippen MR) is 178 cm³/mol. The lowest BCUT2D eigenvalue weighted by atomic mass is 9.89. The highest BCUT2D eigenvalue weighted by molar-refractivity contribution is 7.90. The molecule has 1 unspecified atom stereocenters. The number of unbranched alkanes of at least 4 members (excludes halogenated alkanes) is 1. The molecular formula is C33H42FN3O7S2. The van der Waals surface area contributed by atoms with Gasteiger partial charge in [-0.25, -0.2) is 21.9 Å². The maximum absolute atomic E-state index is 13.8. The normalized spacial score (nSPS) is 14.0. The number of hydrogen-bond acceptors (Lipinski definition) is 8. The fourth-order valence-corrected chi connectivity index (χ4v) is 7.05. The van der Waals surface area contributed by atoms with Crippen LogP contribution in [-0.2, 0) is 33.2 Å². The highest BCUT2D eigenvalue weighted by atomic mass is 32.2. The zero-order chi connectivity index (χ0) is 34.6. The molecule has 3 atom stereocenters. The van der Waals surface area contributed by atoms with E-state index in [1.54, 1.807) is 34.7 Å². The van der Waals surface area contributed by atoms with E-state index in [-0.39, 0.29) is 22.2 Å². The van der Waals surface area contributed by atoms with E-state index in [1.165, 1.54) is 54.1 Å². The van der Waals surface area contributed by atoms with E-state index in [0.717, 1.165) is 32.0 Å². The number of amides is 1. The summed E-state index contributed by atoms with van der Waals surface area (Å²) in [7, 11) is -1.64. The van der Waals surface area contributed by atoms with Gasteiger partial charge in [0, 0.05) is 54.4 Å². The van der Waals surface area contributed by atoms with E-state index in [9.17, 15) is 31.7 Å². The summed E-state index contributed by atoms with van der Waals surface area (Å²) in [6, 6.07) is 10.3. The quantitative estimate of drug-likeness (QED) is 0.188. The molecule has 0 aliphatic rings. The maximum atomic E-state index is 13.8. The molecule has 3 rings (SSSR count). The van der Waals surface area contributed by atoms with E-state index in [4.69, 9.17) is 4.74 Å². The molecule has 0 aliphatic carbocycles. The van der Waals surface area contributed by atoms with Gasteiger partial charge in [0.2, 0.25) is 10.0 Å². The Morgan fingerprint density at radius 1 is 1.09 bits per heavy atom. The van der Waals surface area contributed by atoms with Gasteiger partial charge in [-0.05, 0) is 88.1 Å². The maximum Gasteiger partial charge on any atom is 0.423 e. The number of ketones is 1. The molecule has 1 heterocycles. The summed E-state index contributed by atoms with van der Waals surface area (Å²) in [6.07, 6.45) is 2.08. The minimum absolute atomic E-state index is 0.166. The number of aryl methyl sites for hydroxylation is 1.